The maximum Gasteiger partial charge on any atom is 0.250 e. The standard InChI is InChI=1S/C19H20F2N4O/c20-16-9-13(5-6-15(16)19(21)7-2-8-24-11-19)25-10-12-3-1-4-14(17(12)22)18(23)26/h1,3-6,9-10,22,24-25H,2,7-8,11H2,(H2,23,26)/b12-10-,22-17?. The lowest BCUT2D eigenvalue weighted by Crippen LogP contribution is -2.40. The molecule has 1 atom stereocenters. The number of alkyl halides is 1. The predicted octanol–water partition coefficient (Wildman–Crippen LogP) is 2.67. The molecule has 2 aliphatic rings. The molecule has 0 spiro atoms. The van der Waals surface area contributed by atoms with E-state index in [1.807, 2.05) is 0 Å². The van der Waals surface area contributed by atoms with Gasteiger partial charge in [-0.15, -0.1) is 0 Å². The third kappa shape index (κ3) is 3.57. The van der Waals surface area contributed by atoms with Gasteiger partial charge in [-0.25, -0.2) is 8.78 Å². The second kappa shape index (κ2) is 7.21. The summed E-state index contributed by atoms with van der Waals surface area (Å²) < 4.78 is 29.4. The zero-order valence-electron chi connectivity index (χ0n) is 14.1. The van der Waals surface area contributed by atoms with Gasteiger partial charge in [0.2, 0.25) is 0 Å². The Kier molecular flexibility index (Phi) is 4.99. The van der Waals surface area contributed by atoms with Crippen molar-refractivity contribution in [3.8, 4) is 0 Å². The Balaban J connectivity index is 1.77. The number of nitrogens with one attached hydrogen (secondary N) is 3. The van der Waals surface area contributed by atoms with Gasteiger partial charge in [-0.3, -0.25) is 10.2 Å². The fourth-order valence-electron chi connectivity index (χ4n) is 3.12. The fourth-order valence-corrected chi connectivity index (χ4v) is 3.12. The second-order valence-corrected chi connectivity index (χ2v) is 6.36. The van der Waals surface area contributed by atoms with Crippen molar-refractivity contribution in [2.75, 3.05) is 18.4 Å². The number of carbonyl (C=O) groups excluding carboxylic acids is 1. The van der Waals surface area contributed by atoms with Crippen LogP contribution in [0.5, 0.6) is 0 Å². The summed E-state index contributed by atoms with van der Waals surface area (Å²) in [6.07, 6.45) is 7.14. The van der Waals surface area contributed by atoms with Crippen LogP contribution in [-0.2, 0) is 10.5 Å². The topological polar surface area (TPSA) is 91.0 Å². The molecule has 0 radical (unpaired) electrons. The van der Waals surface area contributed by atoms with Crippen LogP contribution in [-0.4, -0.2) is 24.7 Å². The summed E-state index contributed by atoms with van der Waals surface area (Å²) in [7, 11) is 0. The van der Waals surface area contributed by atoms with Gasteiger partial charge in [-0.1, -0.05) is 18.2 Å². The number of halogens is 2. The molecule has 0 bridgehead atoms. The van der Waals surface area contributed by atoms with Crippen LogP contribution in [0.15, 0.2) is 53.8 Å². The highest BCUT2D eigenvalue weighted by Crippen LogP contribution is 2.35. The van der Waals surface area contributed by atoms with Crippen LogP contribution in [0.4, 0.5) is 14.5 Å². The van der Waals surface area contributed by atoms with E-state index in [1.54, 1.807) is 18.2 Å². The van der Waals surface area contributed by atoms with Crippen molar-refractivity contribution >= 4 is 17.3 Å². The minimum Gasteiger partial charge on any atom is -0.366 e. The van der Waals surface area contributed by atoms with E-state index < -0.39 is 17.4 Å². The molecule has 1 aromatic rings. The summed E-state index contributed by atoms with van der Waals surface area (Å²) in [5, 5.41) is 13.8. The molecule has 1 unspecified atom stereocenters. The molecule has 7 heteroatoms. The van der Waals surface area contributed by atoms with Crippen molar-refractivity contribution in [2.45, 2.75) is 18.5 Å². The first kappa shape index (κ1) is 18.0. The fraction of sp³-hybridized carbons (Fsp3) is 0.263. The number of anilines is 1. The van der Waals surface area contributed by atoms with Gasteiger partial charge in [0.15, 0.2) is 5.67 Å². The number of allylic oxidation sites excluding steroid dienone is 4. The van der Waals surface area contributed by atoms with Crippen LogP contribution >= 0.6 is 0 Å². The van der Waals surface area contributed by atoms with E-state index in [0.717, 1.165) is 6.54 Å². The average Bonchev–Trinajstić information content (AvgIpc) is 2.61. The van der Waals surface area contributed by atoms with Crippen LogP contribution in [0, 0.1) is 11.2 Å². The molecule has 1 saturated heterocycles. The number of rotatable bonds is 4. The summed E-state index contributed by atoms with van der Waals surface area (Å²) in [5.74, 6) is -1.30. The molecule has 5 N–H and O–H groups in total. The van der Waals surface area contributed by atoms with Crippen LogP contribution < -0.4 is 16.4 Å². The van der Waals surface area contributed by atoms with Gasteiger partial charge < -0.3 is 16.4 Å². The van der Waals surface area contributed by atoms with E-state index >= 15 is 0 Å². The van der Waals surface area contributed by atoms with Gasteiger partial charge in [0.1, 0.15) is 5.82 Å². The summed E-state index contributed by atoms with van der Waals surface area (Å²) in [4.78, 5) is 11.3. The molecule has 26 heavy (non-hydrogen) atoms. The molecular weight excluding hydrogens is 338 g/mol. The molecule has 1 heterocycles. The predicted molar refractivity (Wildman–Crippen MR) is 97.1 cm³/mol. The first-order chi connectivity index (χ1) is 12.4. The van der Waals surface area contributed by atoms with E-state index in [9.17, 15) is 13.6 Å². The normalized spacial score (nSPS) is 24.5. The molecule has 3 rings (SSSR count). The zero-order chi connectivity index (χ0) is 18.7. The van der Waals surface area contributed by atoms with Crippen molar-refractivity contribution in [2.24, 2.45) is 5.73 Å². The van der Waals surface area contributed by atoms with Gasteiger partial charge >= 0.3 is 0 Å². The largest absolute Gasteiger partial charge is 0.366 e. The molecule has 0 saturated carbocycles. The Morgan fingerprint density at radius 1 is 1.42 bits per heavy atom. The summed E-state index contributed by atoms with van der Waals surface area (Å²) >= 11 is 0. The lowest BCUT2D eigenvalue weighted by Gasteiger charge is -2.30. The number of hydrogen-bond acceptors (Lipinski definition) is 4. The molecular formula is C19H20F2N4O. The van der Waals surface area contributed by atoms with E-state index in [4.69, 9.17) is 11.1 Å². The third-order valence-electron chi connectivity index (χ3n) is 4.54. The first-order valence-electron chi connectivity index (χ1n) is 8.34. The number of nitrogens with two attached hydrogens (primary N) is 1. The number of benzene rings is 1. The monoisotopic (exact) mass is 358 g/mol. The molecule has 5 nitrogen and oxygen atoms in total. The first-order valence-corrected chi connectivity index (χ1v) is 8.34. The van der Waals surface area contributed by atoms with Crippen LogP contribution in [0.2, 0.25) is 0 Å². The Hall–Kier alpha value is -2.80. The lowest BCUT2D eigenvalue weighted by atomic mass is 9.88. The summed E-state index contributed by atoms with van der Waals surface area (Å²) in [5.41, 5.74) is 4.52. The number of hydrogen-bond donors (Lipinski definition) is 4. The molecule has 1 amide bonds. The van der Waals surface area contributed by atoms with Gasteiger partial charge in [-0.2, -0.15) is 0 Å². The highest BCUT2D eigenvalue weighted by atomic mass is 19.1. The van der Waals surface area contributed by atoms with E-state index in [-0.39, 0.29) is 29.8 Å². The SMILES string of the molecule is N=C1C(C(N)=O)=CC=C/C1=C/Nc1ccc(C2(F)CCCNC2)c(F)c1. The van der Waals surface area contributed by atoms with Gasteiger partial charge in [-0.05, 0) is 37.6 Å². The Morgan fingerprint density at radius 3 is 2.88 bits per heavy atom. The van der Waals surface area contributed by atoms with E-state index in [2.05, 4.69) is 10.6 Å². The van der Waals surface area contributed by atoms with Crippen molar-refractivity contribution in [1.29, 1.82) is 5.41 Å². The third-order valence-corrected chi connectivity index (χ3v) is 4.54. The van der Waals surface area contributed by atoms with Crippen molar-refractivity contribution in [3.63, 3.8) is 0 Å². The van der Waals surface area contributed by atoms with Gasteiger partial charge in [0.05, 0.1) is 11.3 Å². The summed E-state index contributed by atoms with van der Waals surface area (Å²) in [6, 6.07) is 4.26. The minimum atomic E-state index is -1.70. The van der Waals surface area contributed by atoms with Crippen LogP contribution in [0.1, 0.15) is 18.4 Å². The lowest BCUT2D eigenvalue weighted by molar-refractivity contribution is -0.114. The molecule has 1 fully saturated rings. The molecule has 0 aromatic heterocycles. The summed E-state index contributed by atoms with van der Waals surface area (Å²) in [6.45, 7) is 0.840. The van der Waals surface area contributed by atoms with Crippen molar-refractivity contribution in [1.82, 2.24) is 5.32 Å². The quantitative estimate of drug-likeness (QED) is 0.667. The van der Waals surface area contributed by atoms with E-state index in [1.165, 1.54) is 24.4 Å². The molecule has 1 aromatic carbocycles. The zero-order valence-corrected chi connectivity index (χ0v) is 14.1. The second-order valence-electron chi connectivity index (χ2n) is 6.36. The Bertz CT molecular complexity index is 836. The highest BCUT2D eigenvalue weighted by Gasteiger charge is 2.36. The smallest absolute Gasteiger partial charge is 0.250 e. The minimum absolute atomic E-state index is 0.0133. The van der Waals surface area contributed by atoms with Crippen molar-refractivity contribution < 1.29 is 13.6 Å². The number of piperidine rings is 1. The van der Waals surface area contributed by atoms with Crippen LogP contribution in [0.3, 0.4) is 0 Å². The van der Waals surface area contributed by atoms with Crippen molar-refractivity contribution in [3.05, 3.63) is 65.2 Å². The van der Waals surface area contributed by atoms with Gasteiger partial charge in [0.25, 0.3) is 5.91 Å². The average molecular weight is 358 g/mol. The van der Waals surface area contributed by atoms with E-state index in [0.29, 0.717) is 17.7 Å². The number of carbonyl (C=O) groups is 1. The van der Waals surface area contributed by atoms with Crippen LogP contribution in [0.25, 0.3) is 0 Å². The maximum atomic E-state index is 14.9. The molecule has 1 aliphatic heterocycles. The number of amides is 1. The maximum absolute atomic E-state index is 14.9. The highest BCUT2D eigenvalue weighted by molar-refractivity contribution is 6.28. The Morgan fingerprint density at radius 2 is 2.23 bits per heavy atom. The molecule has 136 valence electrons. The number of primary amides is 1. The molecule has 1 aliphatic carbocycles. The Labute approximate surface area is 150 Å². The van der Waals surface area contributed by atoms with Gasteiger partial charge in [0, 0.05) is 29.6 Å².